The molecule has 2 rings (SSSR count). The zero-order valence-electron chi connectivity index (χ0n) is 7.03. The van der Waals surface area contributed by atoms with Crippen LogP contribution in [0.1, 0.15) is 36.3 Å². The van der Waals surface area contributed by atoms with Crippen molar-refractivity contribution in [2.24, 2.45) is 0 Å². The predicted octanol–water partition coefficient (Wildman–Crippen LogP) is 2.84. The van der Waals surface area contributed by atoms with Crippen LogP contribution in [0.15, 0.2) is 24.3 Å². The van der Waals surface area contributed by atoms with Gasteiger partial charge in [-0.3, -0.25) is 0 Å². The fourth-order valence-corrected chi connectivity index (χ4v) is 1.63. The molecule has 12 heavy (non-hydrogen) atoms. The molecule has 1 aromatic rings. The molecule has 0 aromatic heterocycles. The normalized spacial score (nSPS) is 17.4. The van der Waals surface area contributed by atoms with E-state index in [0.29, 0.717) is 0 Å². The molecule has 63 valence electrons. The zero-order valence-corrected chi connectivity index (χ0v) is 7.03. The number of rotatable bonds is 2. The number of benzene rings is 1. The van der Waals surface area contributed by atoms with Crippen LogP contribution >= 0.6 is 0 Å². The third-order valence-corrected chi connectivity index (χ3v) is 2.64. The average Bonchev–Trinajstić information content (AvgIpc) is 2.02. The van der Waals surface area contributed by atoms with E-state index >= 15 is 0 Å². The first-order valence-corrected chi connectivity index (χ1v) is 4.47. The van der Waals surface area contributed by atoms with Crippen molar-refractivity contribution in [1.82, 2.24) is 0 Å². The number of hydrogen-bond acceptors (Lipinski definition) is 1. The number of aliphatic hydroxyl groups excluding tert-OH is 1. The Morgan fingerprint density at radius 1 is 1.33 bits per heavy atom. The highest BCUT2D eigenvalue weighted by Gasteiger charge is 2.19. The van der Waals surface area contributed by atoms with Crippen LogP contribution in [0.25, 0.3) is 0 Å². The molecular weight excluding hydrogens is 148 g/mol. The Morgan fingerprint density at radius 2 is 2.17 bits per heavy atom. The largest absolute Gasteiger partial charge is 0.385 e. The highest BCUT2D eigenvalue weighted by Crippen LogP contribution is 2.36. The maximum atomic E-state index is 8.81. The maximum Gasteiger partial charge on any atom is 0.109 e. The molecule has 1 aromatic carbocycles. The molecule has 1 heteroatoms. The molecule has 1 saturated carbocycles. The fraction of sp³-hybridized carbons (Fsp3) is 0.364. The van der Waals surface area contributed by atoms with Crippen molar-refractivity contribution in [2.75, 3.05) is 0 Å². The molecule has 1 fully saturated rings. The first-order valence-electron chi connectivity index (χ1n) is 4.47. The molecule has 1 radical (unpaired) electrons. The Bertz CT molecular complexity index is 263. The highest BCUT2D eigenvalue weighted by atomic mass is 16.3. The Labute approximate surface area is 73.0 Å². The second-order valence-corrected chi connectivity index (χ2v) is 3.43. The van der Waals surface area contributed by atoms with Crippen LogP contribution < -0.4 is 0 Å². The van der Waals surface area contributed by atoms with Crippen molar-refractivity contribution >= 4 is 0 Å². The van der Waals surface area contributed by atoms with Gasteiger partial charge in [0.25, 0.3) is 0 Å². The molecule has 0 heterocycles. The summed E-state index contributed by atoms with van der Waals surface area (Å²) in [5.41, 5.74) is 2.29. The molecule has 0 atom stereocenters. The molecule has 1 N–H and O–H groups in total. The van der Waals surface area contributed by atoms with Gasteiger partial charge in [-0.25, -0.2) is 0 Å². The summed E-state index contributed by atoms with van der Waals surface area (Å²) in [5, 5.41) is 8.81. The molecule has 0 saturated heterocycles. The third kappa shape index (κ3) is 1.37. The summed E-state index contributed by atoms with van der Waals surface area (Å²) in [5.74, 6) is 0.755. The summed E-state index contributed by atoms with van der Waals surface area (Å²) >= 11 is 0. The van der Waals surface area contributed by atoms with E-state index in [1.807, 2.05) is 12.1 Å². The minimum atomic E-state index is 0.755. The Morgan fingerprint density at radius 3 is 2.75 bits per heavy atom. The molecule has 1 aliphatic carbocycles. The van der Waals surface area contributed by atoms with Crippen molar-refractivity contribution in [3.63, 3.8) is 0 Å². The average molecular weight is 161 g/mol. The number of aliphatic hydroxyl groups is 1. The van der Waals surface area contributed by atoms with Crippen LogP contribution in [0.4, 0.5) is 0 Å². The summed E-state index contributed by atoms with van der Waals surface area (Å²) in [6.07, 6.45) is 3.99. The van der Waals surface area contributed by atoms with E-state index in [9.17, 15) is 0 Å². The minimum absolute atomic E-state index is 0.755. The van der Waals surface area contributed by atoms with Gasteiger partial charge in [0.2, 0.25) is 0 Å². The summed E-state index contributed by atoms with van der Waals surface area (Å²) < 4.78 is 0. The van der Waals surface area contributed by atoms with Gasteiger partial charge in [0.1, 0.15) is 6.61 Å². The van der Waals surface area contributed by atoms with Gasteiger partial charge in [-0.2, -0.15) is 0 Å². The Balaban J connectivity index is 2.19. The van der Waals surface area contributed by atoms with Gasteiger partial charge in [-0.15, -0.1) is 0 Å². The molecule has 0 amide bonds. The van der Waals surface area contributed by atoms with E-state index in [1.54, 1.807) is 0 Å². The first-order chi connectivity index (χ1) is 5.90. The van der Waals surface area contributed by atoms with Crippen LogP contribution in [0.3, 0.4) is 0 Å². The van der Waals surface area contributed by atoms with Crippen molar-refractivity contribution in [3.05, 3.63) is 42.0 Å². The molecule has 0 unspecified atom stereocenters. The molecule has 0 bridgehead atoms. The fourth-order valence-electron chi connectivity index (χ4n) is 1.63. The monoisotopic (exact) mass is 161 g/mol. The van der Waals surface area contributed by atoms with E-state index in [-0.39, 0.29) is 0 Å². The lowest BCUT2D eigenvalue weighted by molar-refractivity contribution is 0.410. The first kappa shape index (κ1) is 7.81. The van der Waals surface area contributed by atoms with E-state index < -0.39 is 0 Å². The highest BCUT2D eigenvalue weighted by molar-refractivity contribution is 5.30. The van der Waals surface area contributed by atoms with Crippen molar-refractivity contribution in [1.29, 1.82) is 0 Å². The Hall–Kier alpha value is -0.820. The van der Waals surface area contributed by atoms with Crippen molar-refractivity contribution < 1.29 is 5.11 Å². The lowest BCUT2D eigenvalue weighted by atomic mass is 9.80. The second-order valence-electron chi connectivity index (χ2n) is 3.43. The maximum absolute atomic E-state index is 8.81. The van der Waals surface area contributed by atoms with Crippen LogP contribution in [0.2, 0.25) is 0 Å². The quantitative estimate of drug-likeness (QED) is 0.707. The summed E-state index contributed by atoms with van der Waals surface area (Å²) in [7, 11) is 0. The third-order valence-electron chi connectivity index (χ3n) is 2.64. The second kappa shape index (κ2) is 3.28. The molecule has 1 aliphatic rings. The molecule has 1 nitrogen and oxygen atoms in total. The Kier molecular flexibility index (Phi) is 2.13. The van der Waals surface area contributed by atoms with Gasteiger partial charge in [-0.05, 0) is 29.9 Å². The van der Waals surface area contributed by atoms with Crippen LogP contribution in [-0.2, 0) is 0 Å². The SMILES string of the molecule is O[CH]c1cccc(C2CCC2)c1. The number of hydrogen-bond donors (Lipinski definition) is 1. The van der Waals surface area contributed by atoms with Gasteiger partial charge < -0.3 is 5.11 Å². The standard InChI is InChI=1S/C11H13O/c12-8-9-3-1-6-11(7-9)10-4-2-5-10/h1,3,6-8,10,12H,2,4-5H2. The van der Waals surface area contributed by atoms with Crippen molar-refractivity contribution in [2.45, 2.75) is 25.2 Å². The topological polar surface area (TPSA) is 20.2 Å². The molecule has 0 spiro atoms. The molecule has 0 aliphatic heterocycles. The lowest BCUT2D eigenvalue weighted by Crippen LogP contribution is -2.08. The minimum Gasteiger partial charge on any atom is -0.385 e. The van der Waals surface area contributed by atoms with Crippen molar-refractivity contribution in [3.8, 4) is 0 Å². The van der Waals surface area contributed by atoms with E-state index in [2.05, 4.69) is 12.1 Å². The summed E-state index contributed by atoms with van der Waals surface area (Å²) in [6.45, 7) is 1.17. The predicted molar refractivity (Wildman–Crippen MR) is 48.4 cm³/mol. The van der Waals surface area contributed by atoms with Crippen LogP contribution in [-0.4, -0.2) is 5.11 Å². The van der Waals surface area contributed by atoms with Crippen LogP contribution in [0, 0.1) is 6.61 Å². The summed E-state index contributed by atoms with van der Waals surface area (Å²) in [4.78, 5) is 0. The van der Waals surface area contributed by atoms with E-state index in [1.165, 1.54) is 31.4 Å². The van der Waals surface area contributed by atoms with Gasteiger partial charge in [0.15, 0.2) is 0 Å². The van der Waals surface area contributed by atoms with E-state index in [0.717, 1.165) is 11.5 Å². The molecular formula is C11H13O. The lowest BCUT2D eigenvalue weighted by Gasteiger charge is -2.25. The summed E-state index contributed by atoms with van der Waals surface area (Å²) in [6, 6.07) is 8.15. The zero-order chi connectivity index (χ0) is 8.39. The van der Waals surface area contributed by atoms with Gasteiger partial charge >= 0.3 is 0 Å². The van der Waals surface area contributed by atoms with Gasteiger partial charge in [0, 0.05) is 0 Å². The smallest absolute Gasteiger partial charge is 0.109 e. The van der Waals surface area contributed by atoms with Gasteiger partial charge in [0.05, 0.1) is 0 Å². The van der Waals surface area contributed by atoms with Crippen LogP contribution in [0.5, 0.6) is 0 Å². The van der Waals surface area contributed by atoms with Gasteiger partial charge in [-0.1, -0.05) is 30.7 Å². The van der Waals surface area contributed by atoms with E-state index in [4.69, 9.17) is 5.11 Å².